The smallest absolute Gasteiger partial charge is 0.271 e. The number of aromatic amines is 1. The Balaban J connectivity index is 2.18. The van der Waals surface area contributed by atoms with Crippen molar-refractivity contribution in [2.75, 3.05) is 5.73 Å². The summed E-state index contributed by atoms with van der Waals surface area (Å²) in [6.07, 6.45) is 1.78. The molecule has 3 aromatic rings. The molecule has 0 saturated carbocycles. The highest BCUT2D eigenvalue weighted by molar-refractivity contribution is 7.13. The summed E-state index contributed by atoms with van der Waals surface area (Å²) < 4.78 is 0. The maximum absolute atomic E-state index is 10.7. The van der Waals surface area contributed by atoms with Crippen molar-refractivity contribution in [3.63, 3.8) is 0 Å². The van der Waals surface area contributed by atoms with Crippen molar-refractivity contribution in [3.05, 3.63) is 39.9 Å². The number of anilines is 1. The molecule has 3 rings (SSSR count). The summed E-state index contributed by atoms with van der Waals surface area (Å²) in [6, 6.07) is 4.71. The molecule has 0 spiro atoms. The number of nitrogens with one attached hydrogen (secondary N) is 1. The normalized spacial score (nSPS) is 10.9. The number of nitrogens with zero attached hydrogens (tertiary/aromatic N) is 2. The van der Waals surface area contributed by atoms with E-state index in [-0.39, 0.29) is 5.69 Å². The van der Waals surface area contributed by atoms with Gasteiger partial charge in [-0.05, 0) is 6.07 Å². The maximum atomic E-state index is 10.7. The summed E-state index contributed by atoms with van der Waals surface area (Å²) in [4.78, 5) is 17.5. The summed E-state index contributed by atoms with van der Waals surface area (Å²) in [6.45, 7) is 0. The number of fused-ring (bicyclic) bond motifs is 1. The summed E-state index contributed by atoms with van der Waals surface area (Å²) in [5, 5.41) is 13.9. The van der Waals surface area contributed by atoms with Gasteiger partial charge in [0.1, 0.15) is 0 Å². The fraction of sp³-hybridized carbons (Fsp3) is 0. The Morgan fingerprint density at radius 2 is 2.28 bits per heavy atom. The van der Waals surface area contributed by atoms with Gasteiger partial charge in [-0.25, -0.2) is 4.98 Å². The van der Waals surface area contributed by atoms with Crippen LogP contribution in [0.1, 0.15) is 0 Å². The topological polar surface area (TPSA) is 97.8 Å². The molecule has 0 aliphatic rings. The Bertz CT molecular complexity index is 746. The molecule has 0 aliphatic heterocycles. The number of hydrogen-bond acceptors (Lipinski definition) is 5. The standard InChI is InChI=1S/C11H8N4O2S/c12-11-14-10(5-18-11)8-4-13-9-3-6(15(16)17)1-2-7(8)9/h1-5,13H,(H2,12,14). The third kappa shape index (κ3) is 1.61. The number of nitro benzene ring substituents is 1. The SMILES string of the molecule is Nc1nc(-c2c[nH]c3cc([N+](=O)[O-])ccc23)cs1. The number of non-ortho nitro benzene ring substituents is 1. The Morgan fingerprint density at radius 1 is 1.44 bits per heavy atom. The van der Waals surface area contributed by atoms with E-state index in [1.54, 1.807) is 12.3 Å². The van der Waals surface area contributed by atoms with E-state index in [4.69, 9.17) is 5.73 Å². The number of nitrogens with two attached hydrogens (primary N) is 1. The molecule has 2 aromatic heterocycles. The van der Waals surface area contributed by atoms with E-state index in [0.717, 1.165) is 16.6 Å². The average Bonchev–Trinajstić information content (AvgIpc) is 2.93. The van der Waals surface area contributed by atoms with Crippen molar-refractivity contribution in [2.24, 2.45) is 0 Å². The highest BCUT2D eigenvalue weighted by Crippen LogP contribution is 2.31. The molecule has 90 valence electrons. The zero-order valence-electron chi connectivity index (χ0n) is 9.08. The van der Waals surface area contributed by atoms with Crippen molar-refractivity contribution in [1.82, 2.24) is 9.97 Å². The third-order valence-corrected chi connectivity index (χ3v) is 3.35. The average molecular weight is 260 g/mol. The zero-order chi connectivity index (χ0) is 12.7. The monoisotopic (exact) mass is 260 g/mol. The molecule has 0 radical (unpaired) electrons. The van der Waals surface area contributed by atoms with Crippen LogP contribution in [0, 0.1) is 10.1 Å². The van der Waals surface area contributed by atoms with Crippen molar-refractivity contribution < 1.29 is 4.92 Å². The number of nitro groups is 1. The second-order valence-corrected chi connectivity index (χ2v) is 4.65. The molecule has 0 amide bonds. The van der Waals surface area contributed by atoms with Gasteiger partial charge >= 0.3 is 0 Å². The number of aromatic nitrogens is 2. The van der Waals surface area contributed by atoms with E-state index in [9.17, 15) is 10.1 Å². The fourth-order valence-corrected chi connectivity index (χ4v) is 2.41. The first kappa shape index (κ1) is 10.7. The highest BCUT2D eigenvalue weighted by Gasteiger charge is 2.12. The molecule has 6 nitrogen and oxygen atoms in total. The molecule has 7 heteroatoms. The van der Waals surface area contributed by atoms with Crippen LogP contribution in [0.4, 0.5) is 10.8 Å². The number of nitrogen functional groups attached to an aromatic ring is 1. The molecule has 0 unspecified atom stereocenters. The van der Waals surface area contributed by atoms with Gasteiger partial charge in [-0.2, -0.15) is 0 Å². The summed E-state index contributed by atoms with van der Waals surface area (Å²) in [5.41, 5.74) is 8.05. The Labute approximate surface area is 105 Å². The predicted octanol–water partition coefficient (Wildman–Crippen LogP) is 2.78. The number of benzene rings is 1. The van der Waals surface area contributed by atoms with Crippen LogP contribution in [0.5, 0.6) is 0 Å². The molecule has 0 atom stereocenters. The first-order valence-corrected chi connectivity index (χ1v) is 6.00. The van der Waals surface area contributed by atoms with Crippen molar-refractivity contribution in [3.8, 4) is 11.3 Å². The quantitative estimate of drug-likeness (QED) is 0.546. The Kier molecular flexibility index (Phi) is 2.27. The second kappa shape index (κ2) is 3.81. The van der Waals surface area contributed by atoms with Gasteiger partial charge in [-0.3, -0.25) is 10.1 Å². The number of rotatable bonds is 2. The molecule has 0 bridgehead atoms. The van der Waals surface area contributed by atoms with Crippen LogP contribution < -0.4 is 5.73 Å². The first-order chi connectivity index (χ1) is 8.65. The van der Waals surface area contributed by atoms with E-state index in [2.05, 4.69) is 9.97 Å². The fourth-order valence-electron chi connectivity index (χ4n) is 1.85. The van der Waals surface area contributed by atoms with E-state index < -0.39 is 4.92 Å². The maximum Gasteiger partial charge on any atom is 0.271 e. The zero-order valence-corrected chi connectivity index (χ0v) is 9.90. The van der Waals surface area contributed by atoms with Gasteiger partial charge in [0, 0.05) is 34.7 Å². The van der Waals surface area contributed by atoms with Crippen LogP contribution in [0.2, 0.25) is 0 Å². The minimum atomic E-state index is -0.416. The summed E-state index contributed by atoms with van der Waals surface area (Å²) >= 11 is 1.36. The summed E-state index contributed by atoms with van der Waals surface area (Å²) in [7, 11) is 0. The number of H-pyrrole nitrogens is 1. The molecule has 0 fully saturated rings. The van der Waals surface area contributed by atoms with Crippen LogP contribution in [0.15, 0.2) is 29.8 Å². The molecular weight excluding hydrogens is 252 g/mol. The molecule has 3 N–H and O–H groups in total. The predicted molar refractivity (Wildman–Crippen MR) is 70.5 cm³/mol. The minimum Gasteiger partial charge on any atom is -0.375 e. The van der Waals surface area contributed by atoms with Crippen LogP contribution in [-0.4, -0.2) is 14.9 Å². The van der Waals surface area contributed by atoms with E-state index >= 15 is 0 Å². The lowest BCUT2D eigenvalue weighted by atomic mass is 10.1. The van der Waals surface area contributed by atoms with Crippen LogP contribution in [-0.2, 0) is 0 Å². The first-order valence-electron chi connectivity index (χ1n) is 5.12. The molecule has 0 saturated heterocycles. The lowest BCUT2D eigenvalue weighted by molar-refractivity contribution is -0.384. The molecular formula is C11H8N4O2S. The molecule has 0 aliphatic carbocycles. The van der Waals surface area contributed by atoms with Gasteiger partial charge in [-0.1, -0.05) is 0 Å². The lowest BCUT2D eigenvalue weighted by Gasteiger charge is -1.94. The van der Waals surface area contributed by atoms with E-state index in [1.165, 1.54) is 23.5 Å². The molecule has 2 heterocycles. The third-order valence-electron chi connectivity index (χ3n) is 2.67. The Morgan fingerprint density at radius 3 is 2.94 bits per heavy atom. The second-order valence-electron chi connectivity index (χ2n) is 3.76. The number of hydrogen-bond donors (Lipinski definition) is 2. The molecule has 18 heavy (non-hydrogen) atoms. The van der Waals surface area contributed by atoms with Crippen LogP contribution >= 0.6 is 11.3 Å². The Hall–Kier alpha value is -2.41. The van der Waals surface area contributed by atoms with Gasteiger partial charge in [0.05, 0.1) is 16.1 Å². The summed E-state index contributed by atoms with van der Waals surface area (Å²) in [5.74, 6) is 0. The number of thiazole rings is 1. The highest BCUT2D eigenvalue weighted by atomic mass is 32.1. The van der Waals surface area contributed by atoms with Gasteiger partial charge in [0.25, 0.3) is 5.69 Å². The van der Waals surface area contributed by atoms with Gasteiger partial charge in [0.2, 0.25) is 0 Å². The molecule has 1 aromatic carbocycles. The van der Waals surface area contributed by atoms with Crippen molar-refractivity contribution >= 4 is 33.1 Å². The largest absolute Gasteiger partial charge is 0.375 e. The van der Waals surface area contributed by atoms with E-state index in [0.29, 0.717) is 10.6 Å². The van der Waals surface area contributed by atoms with Gasteiger partial charge < -0.3 is 10.7 Å². The lowest BCUT2D eigenvalue weighted by Crippen LogP contribution is -1.86. The van der Waals surface area contributed by atoms with Crippen LogP contribution in [0.3, 0.4) is 0 Å². The van der Waals surface area contributed by atoms with Crippen molar-refractivity contribution in [1.29, 1.82) is 0 Å². The van der Waals surface area contributed by atoms with Crippen LogP contribution in [0.25, 0.3) is 22.2 Å². The van der Waals surface area contributed by atoms with Crippen molar-refractivity contribution in [2.45, 2.75) is 0 Å². The minimum absolute atomic E-state index is 0.0636. The van der Waals surface area contributed by atoms with E-state index in [1.807, 2.05) is 5.38 Å². The van der Waals surface area contributed by atoms with Gasteiger partial charge in [-0.15, -0.1) is 11.3 Å². The van der Waals surface area contributed by atoms with Gasteiger partial charge in [0.15, 0.2) is 5.13 Å².